The Morgan fingerprint density at radius 3 is 2.17 bits per heavy atom. The van der Waals surface area contributed by atoms with Gasteiger partial charge < -0.3 is 9.47 Å². The maximum atomic E-state index is 12.0. The first-order chi connectivity index (χ1) is 11.3. The van der Waals surface area contributed by atoms with Gasteiger partial charge in [0, 0.05) is 0 Å². The molecule has 0 aliphatic rings. The first kappa shape index (κ1) is 18.0. The van der Waals surface area contributed by atoms with Crippen LogP contribution in [0.4, 0.5) is 0 Å². The first-order valence-corrected chi connectivity index (χ1v) is 8.91. The fraction of sp³-hybridized carbons (Fsp3) is 0.235. The predicted molar refractivity (Wildman–Crippen MR) is 89.1 cm³/mol. The van der Waals surface area contributed by atoms with Crippen LogP contribution < -0.4 is 9.47 Å². The lowest BCUT2D eigenvalue weighted by Crippen LogP contribution is -2.09. The summed E-state index contributed by atoms with van der Waals surface area (Å²) in [5, 5.41) is 0. The van der Waals surface area contributed by atoms with Crippen LogP contribution in [-0.2, 0) is 10.1 Å². The molecule has 0 bridgehead atoms. The van der Waals surface area contributed by atoms with Crippen LogP contribution in [0.2, 0.25) is 0 Å². The van der Waals surface area contributed by atoms with Gasteiger partial charge in [-0.2, -0.15) is 8.42 Å². The van der Waals surface area contributed by atoms with Crippen LogP contribution in [0.5, 0.6) is 11.5 Å². The third-order valence-electron chi connectivity index (χ3n) is 3.14. The Hall–Kier alpha value is -2.38. The minimum atomic E-state index is -3.97. The van der Waals surface area contributed by atoms with Crippen molar-refractivity contribution in [3.8, 4) is 11.5 Å². The van der Waals surface area contributed by atoms with Gasteiger partial charge in [0.05, 0.1) is 17.9 Å². The molecule has 0 spiro atoms. The van der Waals surface area contributed by atoms with Crippen LogP contribution in [0, 0.1) is 6.92 Å². The molecule has 0 saturated carbocycles. The van der Waals surface area contributed by atoms with E-state index in [4.69, 9.17) is 14.0 Å². The number of benzene rings is 2. The molecule has 0 saturated heterocycles. The smallest absolute Gasteiger partial charge is 0.343 e. The largest absolute Gasteiger partial charge is 0.494 e. The van der Waals surface area contributed by atoms with Gasteiger partial charge in [-0.3, -0.25) is 4.55 Å². The molecular weight excluding hydrogens is 332 g/mol. The summed E-state index contributed by atoms with van der Waals surface area (Å²) in [5.74, 6) is 0.138. The Bertz CT molecular complexity index is 779. The summed E-state index contributed by atoms with van der Waals surface area (Å²) in [6.45, 7) is 2.09. The summed E-state index contributed by atoms with van der Waals surface area (Å²) in [6, 6.07) is 13.5. The van der Waals surface area contributed by atoms with Crippen LogP contribution in [0.1, 0.15) is 22.3 Å². The molecule has 0 aromatic heterocycles. The van der Waals surface area contributed by atoms with Crippen molar-refractivity contribution in [2.45, 2.75) is 13.3 Å². The van der Waals surface area contributed by atoms with Crippen molar-refractivity contribution < 1.29 is 27.2 Å². The van der Waals surface area contributed by atoms with E-state index in [1.165, 1.54) is 0 Å². The number of carbonyl (C=O) groups excluding carboxylic acids is 1. The Morgan fingerprint density at radius 2 is 1.58 bits per heavy atom. The van der Waals surface area contributed by atoms with Gasteiger partial charge in [0.25, 0.3) is 10.1 Å². The molecule has 2 rings (SSSR count). The van der Waals surface area contributed by atoms with E-state index in [2.05, 4.69) is 0 Å². The van der Waals surface area contributed by atoms with Gasteiger partial charge in [-0.25, -0.2) is 4.79 Å². The quantitative estimate of drug-likeness (QED) is 0.357. The summed E-state index contributed by atoms with van der Waals surface area (Å²) < 4.78 is 40.4. The highest BCUT2D eigenvalue weighted by Gasteiger charge is 2.09. The molecule has 0 radical (unpaired) electrons. The van der Waals surface area contributed by atoms with Crippen LogP contribution in [-0.4, -0.2) is 31.3 Å². The van der Waals surface area contributed by atoms with Gasteiger partial charge in [-0.15, -0.1) is 0 Å². The summed E-state index contributed by atoms with van der Waals surface area (Å²) in [7, 11) is -3.97. The second-order valence-electron chi connectivity index (χ2n) is 5.22. The molecule has 6 nitrogen and oxygen atoms in total. The maximum absolute atomic E-state index is 12.0. The van der Waals surface area contributed by atoms with Crippen LogP contribution in [0.25, 0.3) is 0 Å². The number of aryl methyl sites for hydroxylation is 1. The number of rotatable bonds is 7. The molecule has 0 aliphatic heterocycles. The Morgan fingerprint density at radius 1 is 1.00 bits per heavy atom. The van der Waals surface area contributed by atoms with Crippen molar-refractivity contribution in [2.75, 3.05) is 12.4 Å². The molecule has 2 aromatic carbocycles. The molecular formula is C17H18O6S. The summed E-state index contributed by atoms with van der Waals surface area (Å²) >= 11 is 0. The average molecular weight is 350 g/mol. The highest BCUT2D eigenvalue weighted by atomic mass is 32.2. The number of ether oxygens (including phenoxy) is 2. The Labute approximate surface area is 140 Å². The van der Waals surface area contributed by atoms with E-state index < -0.39 is 16.1 Å². The molecule has 128 valence electrons. The van der Waals surface area contributed by atoms with Crippen LogP contribution in [0.3, 0.4) is 0 Å². The summed E-state index contributed by atoms with van der Waals surface area (Å²) in [4.78, 5) is 12.0. The average Bonchev–Trinajstić information content (AvgIpc) is 2.53. The van der Waals surface area contributed by atoms with E-state index in [0.29, 0.717) is 17.1 Å². The molecule has 7 heteroatoms. The van der Waals surface area contributed by atoms with Gasteiger partial charge in [0.2, 0.25) is 0 Å². The van der Waals surface area contributed by atoms with Crippen molar-refractivity contribution in [3.63, 3.8) is 0 Å². The molecule has 1 N–H and O–H groups in total. The van der Waals surface area contributed by atoms with E-state index in [1.807, 2.05) is 19.1 Å². The van der Waals surface area contributed by atoms with Crippen molar-refractivity contribution in [3.05, 3.63) is 59.7 Å². The zero-order valence-corrected chi connectivity index (χ0v) is 14.0. The van der Waals surface area contributed by atoms with E-state index in [1.54, 1.807) is 36.4 Å². The molecule has 0 heterocycles. The Balaban J connectivity index is 1.86. The van der Waals surface area contributed by atoms with E-state index in [-0.39, 0.29) is 18.8 Å². The normalized spacial score (nSPS) is 11.1. The number of carbonyl (C=O) groups is 1. The van der Waals surface area contributed by atoms with E-state index in [0.717, 1.165) is 5.56 Å². The third-order valence-corrected chi connectivity index (χ3v) is 3.94. The monoisotopic (exact) mass is 350 g/mol. The number of hydrogen-bond acceptors (Lipinski definition) is 5. The molecule has 0 atom stereocenters. The molecule has 0 amide bonds. The SMILES string of the molecule is Cc1ccc(OC(=O)c2ccc(OCCCS(=O)(=O)O)cc2)cc1. The fourth-order valence-electron chi connectivity index (χ4n) is 1.89. The van der Waals surface area contributed by atoms with E-state index >= 15 is 0 Å². The molecule has 0 unspecified atom stereocenters. The van der Waals surface area contributed by atoms with Gasteiger partial charge in [0.15, 0.2) is 0 Å². The minimum Gasteiger partial charge on any atom is -0.494 e. The molecule has 0 aliphatic carbocycles. The second kappa shape index (κ2) is 7.94. The first-order valence-electron chi connectivity index (χ1n) is 7.30. The third kappa shape index (κ3) is 6.02. The molecule has 0 fully saturated rings. The standard InChI is InChI=1S/C17H18O6S/c1-13-3-7-16(8-4-13)23-17(18)14-5-9-15(10-6-14)22-11-2-12-24(19,20)21/h3-10H,2,11-12H2,1H3,(H,19,20,21). The van der Waals surface area contributed by atoms with Crippen molar-refractivity contribution in [2.24, 2.45) is 0 Å². The zero-order chi connectivity index (χ0) is 17.6. The minimum absolute atomic E-state index is 0.146. The predicted octanol–water partition coefficient (Wildman–Crippen LogP) is 2.87. The zero-order valence-electron chi connectivity index (χ0n) is 13.1. The lowest BCUT2D eigenvalue weighted by atomic mass is 10.2. The van der Waals surface area contributed by atoms with Crippen molar-refractivity contribution in [1.29, 1.82) is 0 Å². The fourth-order valence-corrected chi connectivity index (χ4v) is 2.37. The van der Waals surface area contributed by atoms with Gasteiger partial charge in [-0.05, 0) is 49.7 Å². The van der Waals surface area contributed by atoms with Crippen LogP contribution in [0.15, 0.2) is 48.5 Å². The van der Waals surface area contributed by atoms with Gasteiger partial charge in [-0.1, -0.05) is 17.7 Å². The molecule has 24 heavy (non-hydrogen) atoms. The van der Waals surface area contributed by atoms with Crippen molar-refractivity contribution in [1.82, 2.24) is 0 Å². The topological polar surface area (TPSA) is 89.9 Å². The number of esters is 1. The van der Waals surface area contributed by atoms with Gasteiger partial charge in [0.1, 0.15) is 11.5 Å². The lowest BCUT2D eigenvalue weighted by molar-refractivity contribution is 0.0734. The summed E-state index contributed by atoms with van der Waals surface area (Å²) in [6.07, 6.45) is 0.177. The Kier molecular flexibility index (Phi) is 5.94. The van der Waals surface area contributed by atoms with E-state index in [9.17, 15) is 13.2 Å². The maximum Gasteiger partial charge on any atom is 0.343 e. The number of hydrogen-bond donors (Lipinski definition) is 1. The highest BCUT2D eigenvalue weighted by Crippen LogP contribution is 2.16. The second-order valence-corrected chi connectivity index (χ2v) is 6.79. The molecule has 2 aromatic rings. The summed E-state index contributed by atoms with van der Waals surface area (Å²) in [5.41, 5.74) is 1.45. The van der Waals surface area contributed by atoms with Gasteiger partial charge >= 0.3 is 5.97 Å². The van der Waals surface area contributed by atoms with Crippen LogP contribution >= 0.6 is 0 Å². The highest BCUT2D eigenvalue weighted by molar-refractivity contribution is 7.85. The lowest BCUT2D eigenvalue weighted by Gasteiger charge is -2.07. The van der Waals surface area contributed by atoms with Crippen molar-refractivity contribution >= 4 is 16.1 Å².